The van der Waals surface area contributed by atoms with Crippen LogP contribution in [0.2, 0.25) is 0 Å². The summed E-state index contributed by atoms with van der Waals surface area (Å²) >= 11 is 0. The molecular weight excluding hydrogens is 288 g/mol. The molecule has 1 aromatic carbocycles. The fraction of sp³-hybridized carbons (Fsp3) is 0.333. The molecule has 22 heavy (non-hydrogen) atoms. The zero-order chi connectivity index (χ0) is 16.7. The van der Waals surface area contributed by atoms with E-state index < -0.39 is 29.8 Å². The first kappa shape index (κ1) is 17.2. The van der Waals surface area contributed by atoms with Gasteiger partial charge in [0.15, 0.2) is 0 Å². The van der Waals surface area contributed by atoms with E-state index in [0.29, 0.717) is 0 Å². The van der Waals surface area contributed by atoms with E-state index in [-0.39, 0.29) is 17.7 Å². The van der Waals surface area contributed by atoms with Gasteiger partial charge in [-0.15, -0.1) is 0 Å². The summed E-state index contributed by atoms with van der Waals surface area (Å²) in [5, 5.41) is 20.2. The molecule has 0 saturated carbocycles. The lowest BCUT2D eigenvalue weighted by molar-refractivity contribution is -0.139. The molecule has 2 atom stereocenters. The molecule has 0 bridgehead atoms. The van der Waals surface area contributed by atoms with Crippen LogP contribution in [-0.4, -0.2) is 29.0 Å². The van der Waals surface area contributed by atoms with Gasteiger partial charge in [-0.05, 0) is 31.5 Å². The highest BCUT2D eigenvalue weighted by molar-refractivity contribution is 5.97. The molecular formula is C15H16N2O5. The predicted molar refractivity (Wildman–Crippen MR) is 76.0 cm³/mol. The molecule has 0 heterocycles. The highest BCUT2D eigenvalue weighted by atomic mass is 16.5. The molecule has 1 amide bonds. The molecule has 0 spiro atoms. The van der Waals surface area contributed by atoms with Gasteiger partial charge >= 0.3 is 11.9 Å². The second-order valence-electron chi connectivity index (χ2n) is 4.75. The summed E-state index contributed by atoms with van der Waals surface area (Å²) in [6.07, 6.45) is 0.00120. The van der Waals surface area contributed by atoms with Crippen LogP contribution in [0.3, 0.4) is 0 Å². The van der Waals surface area contributed by atoms with E-state index in [4.69, 9.17) is 15.1 Å². The number of hydrogen-bond acceptors (Lipinski definition) is 5. The smallest absolute Gasteiger partial charge is 0.326 e. The number of nitriles is 1. The van der Waals surface area contributed by atoms with E-state index >= 15 is 0 Å². The van der Waals surface area contributed by atoms with Crippen molar-refractivity contribution >= 4 is 17.8 Å². The minimum absolute atomic E-state index is 0.00120. The topological polar surface area (TPSA) is 116 Å². The van der Waals surface area contributed by atoms with Gasteiger partial charge in [-0.3, -0.25) is 9.59 Å². The predicted octanol–water partition coefficient (Wildman–Crippen LogP) is 1.34. The number of carboxylic acid groups (broad SMARTS) is 1. The zero-order valence-electron chi connectivity index (χ0n) is 12.2. The van der Waals surface area contributed by atoms with Crippen LogP contribution >= 0.6 is 0 Å². The lowest BCUT2D eigenvalue weighted by Gasteiger charge is -2.15. The maximum absolute atomic E-state index is 12.1. The Morgan fingerprint density at radius 3 is 2.64 bits per heavy atom. The van der Waals surface area contributed by atoms with Crippen LogP contribution in [-0.2, 0) is 9.59 Å². The molecule has 0 radical (unpaired) electrons. The van der Waals surface area contributed by atoms with Gasteiger partial charge < -0.3 is 15.2 Å². The standard InChI is InChI=1S/C15H16N2O5/c1-9(8-16)6-13(15(20)21)17-14(19)11-4-3-5-12(7-11)22-10(2)18/h3-5,7,9,13H,6H2,1-2H3,(H,17,19)(H,20,21)/t9-,13-/m0/s1. The van der Waals surface area contributed by atoms with Crippen molar-refractivity contribution in [3.8, 4) is 11.8 Å². The lowest BCUT2D eigenvalue weighted by atomic mass is 10.0. The van der Waals surface area contributed by atoms with E-state index in [2.05, 4.69) is 5.32 Å². The highest BCUT2D eigenvalue weighted by Crippen LogP contribution is 2.14. The molecule has 0 aromatic heterocycles. The first-order valence-electron chi connectivity index (χ1n) is 6.55. The summed E-state index contributed by atoms with van der Waals surface area (Å²) in [6, 6.07) is 6.58. The van der Waals surface area contributed by atoms with Crippen molar-refractivity contribution in [2.24, 2.45) is 5.92 Å². The molecule has 0 aliphatic rings. The number of nitrogens with zero attached hydrogens (tertiary/aromatic N) is 1. The summed E-state index contributed by atoms with van der Waals surface area (Å²) in [6.45, 7) is 2.81. The van der Waals surface area contributed by atoms with Crippen LogP contribution in [0, 0.1) is 17.2 Å². The maximum Gasteiger partial charge on any atom is 0.326 e. The fourth-order valence-electron chi connectivity index (χ4n) is 1.74. The Bertz CT molecular complexity index is 621. The second kappa shape index (κ2) is 7.78. The van der Waals surface area contributed by atoms with Crippen LogP contribution < -0.4 is 10.1 Å². The van der Waals surface area contributed by atoms with Gasteiger partial charge in [-0.25, -0.2) is 4.79 Å². The molecule has 0 fully saturated rings. The van der Waals surface area contributed by atoms with Crippen LogP contribution in [0.5, 0.6) is 5.75 Å². The van der Waals surface area contributed by atoms with E-state index in [1.54, 1.807) is 6.92 Å². The SMILES string of the molecule is CC(=O)Oc1cccc(C(=O)N[C@@H](C[C@H](C)C#N)C(=O)O)c1. The number of hydrogen-bond donors (Lipinski definition) is 2. The number of amides is 1. The quantitative estimate of drug-likeness (QED) is 0.605. The molecule has 1 aromatic rings. The van der Waals surface area contributed by atoms with E-state index in [1.165, 1.54) is 31.2 Å². The minimum Gasteiger partial charge on any atom is -0.480 e. The molecule has 7 nitrogen and oxygen atoms in total. The molecule has 0 aliphatic carbocycles. The fourth-order valence-corrected chi connectivity index (χ4v) is 1.74. The molecule has 0 unspecified atom stereocenters. The van der Waals surface area contributed by atoms with Gasteiger partial charge in [0.1, 0.15) is 11.8 Å². The number of aliphatic carboxylic acids is 1. The third kappa shape index (κ3) is 5.25. The van der Waals surface area contributed by atoms with Gasteiger partial charge in [0.05, 0.1) is 6.07 Å². The summed E-state index contributed by atoms with van der Waals surface area (Å²) in [5.74, 6) is -2.67. The summed E-state index contributed by atoms with van der Waals surface area (Å²) in [4.78, 5) is 34.1. The van der Waals surface area contributed by atoms with Crippen LogP contribution in [0.25, 0.3) is 0 Å². The summed E-state index contributed by atoms with van der Waals surface area (Å²) < 4.78 is 4.86. The van der Waals surface area contributed by atoms with E-state index in [9.17, 15) is 14.4 Å². The number of ether oxygens (including phenoxy) is 1. The number of esters is 1. The van der Waals surface area contributed by atoms with Gasteiger partial charge in [0.25, 0.3) is 5.91 Å². The molecule has 7 heteroatoms. The first-order valence-corrected chi connectivity index (χ1v) is 6.55. The minimum atomic E-state index is -1.22. The van der Waals surface area contributed by atoms with Crippen LogP contribution in [0.1, 0.15) is 30.6 Å². The van der Waals surface area contributed by atoms with Crippen molar-refractivity contribution < 1.29 is 24.2 Å². The number of carbonyl (C=O) groups excluding carboxylic acids is 2. The summed E-state index contributed by atoms with van der Waals surface area (Å²) in [7, 11) is 0. The van der Waals surface area contributed by atoms with Crippen molar-refractivity contribution in [3.63, 3.8) is 0 Å². The lowest BCUT2D eigenvalue weighted by Crippen LogP contribution is -2.41. The Morgan fingerprint density at radius 2 is 2.09 bits per heavy atom. The van der Waals surface area contributed by atoms with Crippen molar-refractivity contribution in [1.82, 2.24) is 5.32 Å². The average Bonchev–Trinajstić information content (AvgIpc) is 2.45. The third-order valence-corrected chi connectivity index (χ3v) is 2.77. The Balaban J connectivity index is 2.84. The largest absolute Gasteiger partial charge is 0.480 e. The molecule has 2 N–H and O–H groups in total. The van der Waals surface area contributed by atoms with Crippen LogP contribution in [0.15, 0.2) is 24.3 Å². The number of carbonyl (C=O) groups is 3. The Kier molecular flexibility index (Phi) is 6.08. The van der Waals surface area contributed by atoms with Crippen molar-refractivity contribution in [1.29, 1.82) is 5.26 Å². The highest BCUT2D eigenvalue weighted by Gasteiger charge is 2.23. The monoisotopic (exact) mass is 304 g/mol. The number of rotatable bonds is 6. The Hall–Kier alpha value is -2.88. The van der Waals surface area contributed by atoms with Crippen molar-refractivity contribution in [3.05, 3.63) is 29.8 Å². The normalized spacial score (nSPS) is 12.6. The number of nitrogens with one attached hydrogen (secondary N) is 1. The van der Waals surface area contributed by atoms with Crippen molar-refractivity contribution in [2.45, 2.75) is 26.3 Å². The Labute approximate surface area is 127 Å². The van der Waals surface area contributed by atoms with Gasteiger partial charge in [0, 0.05) is 18.4 Å². The molecule has 0 aliphatic heterocycles. The third-order valence-electron chi connectivity index (χ3n) is 2.77. The zero-order valence-corrected chi connectivity index (χ0v) is 12.2. The van der Waals surface area contributed by atoms with Gasteiger partial charge in [-0.1, -0.05) is 6.07 Å². The summed E-state index contributed by atoms with van der Waals surface area (Å²) in [5.41, 5.74) is 0.162. The maximum atomic E-state index is 12.1. The van der Waals surface area contributed by atoms with Gasteiger partial charge in [0.2, 0.25) is 0 Å². The van der Waals surface area contributed by atoms with Crippen LogP contribution in [0.4, 0.5) is 0 Å². The Morgan fingerprint density at radius 1 is 1.41 bits per heavy atom. The van der Waals surface area contributed by atoms with Crippen molar-refractivity contribution in [2.75, 3.05) is 0 Å². The molecule has 116 valence electrons. The number of carboxylic acids is 1. The van der Waals surface area contributed by atoms with E-state index in [1.807, 2.05) is 6.07 Å². The molecule has 1 rings (SSSR count). The number of benzene rings is 1. The second-order valence-corrected chi connectivity index (χ2v) is 4.75. The molecule has 0 saturated heterocycles. The average molecular weight is 304 g/mol. The van der Waals surface area contributed by atoms with E-state index in [0.717, 1.165) is 0 Å². The first-order chi connectivity index (χ1) is 10.3. The van der Waals surface area contributed by atoms with Gasteiger partial charge in [-0.2, -0.15) is 5.26 Å².